The van der Waals surface area contributed by atoms with Crippen LogP contribution in [0.15, 0.2) is 36.5 Å². The maximum atomic E-state index is 9.79. The average molecular weight is 274 g/mol. The Kier molecular flexibility index (Phi) is 4.45. The minimum atomic E-state index is 0.149. The first-order valence-electron chi connectivity index (χ1n) is 6.58. The normalized spacial score (nSPS) is 10.3. The fourth-order valence-electron chi connectivity index (χ4n) is 1.90. The molecule has 1 N–H and O–H groups in total. The van der Waals surface area contributed by atoms with Crippen LogP contribution in [0.5, 0.6) is 17.2 Å². The van der Waals surface area contributed by atoms with E-state index in [9.17, 15) is 5.11 Å². The number of aromatic hydroxyl groups is 1. The van der Waals surface area contributed by atoms with Gasteiger partial charge >= 0.3 is 0 Å². The third kappa shape index (κ3) is 3.41. The van der Waals surface area contributed by atoms with Gasteiger partial charge in [0.15, 0.2) is 11.9 Å². The molecule has 2 aromatic rings. The van der Waals surface area contributed by atoms with E-state index in [0.29, 0.717) is 19.0 Å². The van der Waals surface area contributed by atoms with Crippen LogP contribution in [0.3, 0.4) is 0 Å². The van der Waals surface area contributed by atoms with E-state index in [4.69, 9.17) is 9.47 Å². The second-order valence-electron chi connectivity index (χ2n) is 4.74. The van der Waals surface area contributed by atoms with Crippen molar-refractivity contribution >= 4 is 0 Å². The predicted octanol–water partition coefficient (Wildman–Crippen LogP) is 2.29. The smallest absolute Gasteiger partial charge is 0.228 e. The summed E-state index contributed by atoms with van der Waals surface area (Å²) in [6, 6.07) is 9.49. The fourth-order valence-corrected chi connectivity index (χ4v) is 1.90. The first-order chi connectivity index (χ1) is 9.58. The maximum Gasteiger partial charge on any atom is 0.228 e. The number of aromatic nitrogens is 1. The molecule has 2 rings (SSSR count). The van der Waals surface area contributed by atoms with Gasteiger partial charge in [0.25, 0.3) is 0 Å². The van der Waals surface area contributed by atoms with Gasteiger partial charge in [-0.2, -0.15) is 0 Å². The van der Waals surface area contributed by atoms with E-state index in [-0.39, 0.29) is 5.75 Å². The minimum Gasteiger partial charge on any atom is -0.504 e. The van der Waals surface area contributed by atoms with E-state index in [1.807, 2.05) is 49.7 Å². The zero-order valence-electron chi connectivity index (χ0n) is 12.1. The number of rotatable bonds is 5. The van der Waals surface area contributed by atoms with Crippen molar-refractivity contribution in [2.45, 2.75) is 13.8 Å². The summed E-state index contributed by atoms with van der Waals surface area (Å²) in [6.07, 6.45) is 1.79. The van der Waals surface area contributed by atoms with Crippen molar-refractivity contribution in [3.8, 4) is 17.2 Å². The summed E-state index contributed by atoms with van der Waals surface area (Å²) < 4.78 is 13.1. The molecule has 0 aliphatic heterocycles. The second-order valence-corrected chi connectivity index (χ2v) is 4.74. The zero-order valence-corrected chi connectivity index (χ0v) is 12.1. The summed E-state index contributed by atoms with van der Waals surface area (Å²) in [4.78, 5) is 0. The Balaban J connectivity index is 1.89. The van der Waals surface area contributed by atoms with E-state index < -0.39 is 0 Å². The van der Waals surface area contributed by atoms with Crippen LogP contribution in [0.25, 0.3) is 0 Å². The van der Waals surface area contributed by atoms with Crippen molar-refractivity contribution in [1.82, 2.24) is 0 Å². The van der Waals surface area contributed by atoms with E-state index in [1.54, 1.807) is 12.3 Å². The lowest BCUT2D eigenvalue weighted by Gasteiger charge is -2.10. The van der Waals surface area contributed by atoms with Crippen molar-refractivity contribution in [1.29, 1.82) is 0 Å². The fraction of sp³-hybridized carbons (Fsp3) is 0.312. The lowest BCUT2D eigenvalue weighted by atomic mass is 10.2. The van der Waals surface area contributed by atoms with Crippen molar-refractivity contribution in [3.63, 3.8) is 0 Å². The molecule has 4 heteroatoms. The molecule has 0 fully saturated rings. The first kappa shape index (κ1) is 14.2. The standard InChI is InChI=1S/C16H19NO3/c1-12-5-4-6-14(11-12)19-9-10-20-16-13(2)17(3)8-7-15(16)18/h4-8,11H,9-10H2,1-3H3/p+1. The summed E-state index contributed by atoms with van der Waals surface area (Å²) in [5.41, 5.74) is 2.03. The molecule has 0 atom stereocenters. The van der Waals surface area contributed by atoms with Crippen LogP contribution in [0.4, 0.5) is 0 Å². The van der Waals surface area contributed by atoms with Gasteiger partial charge in [0.1, 0.15) is 26.0 Å². The number of hydrogen-bond donors (Lipinski definition) is 1. The van der Waals surface area contributed by atoms with Crippen LogP contribution >= 0.6 is 0 Å². The molecule has 0 saturated carbocycles. The molecule has 0 unspecified atom stereocenters. The number of hydrogen-bond acceptors (Lipinski definition) is 3. The summed E-state index contributed by atoms with van der Waals surface area (Å²) >= 11 is 0. The Labute approximate surface area is 119 Å². The van der Waals surface area contributed by atoms with Crippen LogP contribution in [0, 0.1) is 13.8 Å². The third-order valence-corrected chi connectivity index (χ3v) is 3.13. The highest BCUT2D eigenvalue weighted by atomic mass is 16.5. The quantitative estimate of drug-likeness (QED) is 0.672. The molecule has 20 heavy (non-hydrogen) atoms. The van der Waals surface area contributed by atoms with E-state index in [1.165, 1.54) is 0 Å². The Morgan fingerprint density at radius 1 is 1.10 bits per heavy atom. The topological polar surface area (TPSA) is 42.6 Å². The van der Waals surface area contributed by atoms with Crippen molar-refractivity contribution in [2.75, 3.05) is 13.2 Å². The number of ether oxygens (including phenoxy) is 2. The number of nitrogens with zero attached hydrogens (tertiary/aromatic N) is 1. The molecule has 0 spiro atoms. The van der Waals surface area contributed by atoms with E-state index in [2.05, 4.69) is 0 Å². The van der Waals surface area contributed by atoms with Gasteiger partial charge in [0, 0.05) is 13.0 Å². The molecule has 0 amide bonds. The molecule has 0 aliphatic carbocycles. The monoisotopic (exact) mass is 274 g/mol. The van der Waals surface area contributed by atoms with Crippen LogP contribution in [-0.2, 0) is 7.05 Å². The molecule has 1 aromatic carbocycles. The number of pyridine rings is 1. The summed E-state index contributed by atoms with van der Waals surface area (Å²) in [5, 5.41) is 9.79. The first-order valence-corrected chi connectivity index (χ1v) is 6.58. The third-order valence-electron chi connectivity index (χ3n) is 3.13. The van der Waals surface area contributed by atoms with Crippen LogP contribution < -0.4 is 14.0 Å². The van der Waals surface area contributed by atoms with Gasteiger partial charge in [-0.3, -0.25) is 0 Å². The van der Waals surface area contributed by atoms with Gasteiger partial charge in [0.2, 0.25) is 11.4 Å². The molecule has 106 valence electrons. The molecular weight excluding hydrogens is 254 g/mol. The Hall–Kier alpha value is -2.23. The van der Waals surface area contributed by atoms with Crippen LogP contribution in [0.1, 0.15) is 11.3 Å². The predicted molar refractivity (Wildman–Crippen MR) is 76.2 cm³/mol. The molecular formula is C16H20NO3+. The summed E-state index contributed by atoms with van der Waals surface area (Å²) in [6.45, 7) is 4.73. The summed E-state index contributed by atoms with van der Waals surface area (Å²) in [7, 11) is 1.91. The lowest BCUT2D eigenvalue weighted by molar-refractivity contribution is -0.678. The highest BCUT2D eigenvalue weighted by molar-refractivity contribution is 5.38. The molecule has 0 saturated heterocycles. The highest BCUT2D eigenvalue weighted by Gasteiger charge is 2.14. The van der Waals surface area contributed by atoms with Gasteiger partial charge in [-0.15, -0.1) is 0 Å². The van der Waals surface area contributed by atoms with Gasteiger partial charge < -0.3 is 14.6 Å². The molecule has 1 aromatic heterocycles. The molecule has 4 nitrogen and oxygen atoms in total. The number of benzene rings is 1. The van der Waals surface area contributed by atoms with Gasteiger partial charge in [0.05, 0.1) is 0 Å². The number of aryl methyl sites for hydroxylation is 2. The Morgan fingerprint density at radius 2 is 1.85 bits per heavy atom. The lowest BCUT2D eigenvalue weighted by Crippen LogP contribution is -2.31. The second kappa shape index (κ2) is 6.28. The minimum absolute atomic E-state index is 0.149. The maximum absolute atomic E-state index is 9.79. The molecule has 1 heterocycles. The van der Waals surface area contributed by atoms with E-state index in [0.717, 1.165) is 17.0 Å². The highest BCUT2D eigenvalue weighted by Crippen LogP contribution is 2.26. The van der Waals surface area contributed by atoms with E-state index >= 15 is 0 Å². The van der Waals surface area contributed by atoms with Crippen molar-refractivity contribution < 1.29 is 19.1 Å². The SMILES string of the molecule is Cc1cccc(OCCOc2c(O)cc[n+](C)c2C)c1. The van der Waals surface area contributed by atoms with Crippen LogP contribution in [-0.4, -0.2) is 18.3 Å². The van der Waals surface area contributed by atoms with Crippen LogP contribution in [0.2, 0.25) is 0 Å². The van der Waals surface area contributed by atoms with Gasteiger partial charge in [-0.1, -0.05) is 12.1 Å². The molecule has 0 bridgehead atoms. The summed E-state index contributed by atoms with van der Waals surface area (Å²) in [5.74, 6) is 1.48. The molecule has 0 radical (unpaired) electrons. The largest absolute Gasteiger partial charge is 0.504 e. The van der Waals surface area contributed by atoms with Gasteiger partial charge in [-0.05, 0) is 24.6 Å². The zero-order chi connectivity index (χ0) is 14.5. The molecule has 0 aliphatic rings. The van der Waals surface area contributed by atoms with Crippen molar-refractivity contribution in [2.24, 2.45) is 7.05 Å². The van der Waals surface area contributed by atoms with Gasteiger partial charge in [-0.25, -0.2) is 4.57 Å². The van der Waals surface area contributed by atoms with Crippen molar-refractivity contribution in [3.05, 3.63) is 47.8 Å². The average Bonchev–Trinajstić information content (AvgIpc) is 2.42. The Morgan fingerprint density at radius 3 is 2.60 bits per heavy atom. The Bertz CT molecular complexity index is 596.